The third-order valence-corrected chi connectivity index (χ3v) is 4.71. The summed E-state index contributed by atoms with van der Waals surface area (Å²) >= 11 is 0. The monoisotopic (exact) mass is 355 g/mol. The molecule has 2 aromatic carbocycles. The van der Waals surface area contributed by atoms with Gasteiger partial charge in [-0.25, -0.2) is 17.2 Å². The summed E-state index contributed by atoms with van der Waals surface area (Å²) in [4.78, 5) is 11.3. The van der Waals surface area contributed by atoms with Crippen molar-refractivity contribution in [3.05, 3.63) is 65.7 Å². The van der Waals surface area contributed by atoms with Crippen molar-refractivity contribution in [2.24, 2.45) is 0 Å². The van der Waals surface area contributed by atoms with E-state index in [1.54, 1.807) is 6.07 Å². The SMILES string of the molecule is C[C@@H](NS(=O)(=O)c1ccccc1F)C(=O)OCc1ccccc1F. The molecule has 8 heteroatoms. The van der Waals surface area contributed by atoms with Crippen LogP contribution in [0.2, 0.25) is 0 Å². The first-order valence-corrected chi connectivity index (χ1v) is 8.46. The number of carbonyl (C=O) groups is 1. The summed E-state index contributed by atoms with van der Waals surface area (Å²) in [5, 5.41) is 0. The third kappa shape index (κ3) is 4.36. The highest BCUT2D eigenvalue weighted by molar-refractivity contribution is 7.89. The number of sulfonamides is 1. The molecule has 0 unspecified atom stereocenters. The number of hydrogen-bond donors (Lipinski definition) is 1. The van der Waals surface area contributed by atoms with Crippen molar-refractivity contribution in [2.45, 2.75) is 24.5 Å². The van der Waals surface area contributed by atoms with Gasteiger partial charge in [-0.05, 0) is 25.1 Å². The Balaban J connectivity index is 2.01. The molecule has 128 valence electrons. The van der Waals surface area contributed by atoms with Crippen LogP contribution < -0.4 is 4.72 Å². The lowest BCUT2D eigenvalue weighted by Gasteiger charge is -2.14. The topological polar surface area (TPSA) is 72.5 Å². The van der Waals surface area contributed by atoms with Gasteiger partial charge >= 0.3 is 5.97 Å². The van der Waals surface area contributed by atoms with Gasteiger partial charge in [0.1, 0.15) is 29.2 Å². The molecule has 0 aliphatic carbocycles. The van der Waals surface area contributed by atoms with Crippen LogP contribution in [0.5, 0.6) is 0 Å². The molecule has 0 amide bonds. The van der Waals surface area contributed by atoms with Crippen molar-refractivity contribution in [3.8, 4) is 0 Å². The van der Waals surface area contributed by atoms with E-state index in [4.69, 9.17) is 4.74 Å². The second-order valence-electron chi connectivity index (χ2n) is 4.97. The maximum Gasteiger partial charge on any atom is 0.324 e. The van der Waals surface area contributed by atoms with E-state index in [1.807, 2.05) is 4.72 Å². The minimum atomic E-state index is -4.23. The average molecular weight is 355 g/mol. The highest BCUT2D eigenvalue weighted by Crippen LogP contribution is 2.14. The summed E-state index contributed by atoms with van der Waals surface area (Å²) in [6.07, 6.45) is 0. The van der Waals surface area contributed by atoms with Gasteiger partial charge in [-0.15, -0.1) is 0 Å². The minimum Gasteiger partial charge on any atom is -0.460 e. The number of carbonyl (C=O) groups excluding carboxylic acids is 1. The number of rotatable bonds is 6. The molecule has 1 N–H and O–H groups in total. The Morgan fingerprint density at radius 3 is 2.29 bits per heavy atom. The summed E-state index contributed by atoms with van der Waals surface area (Å²) in [6, 6.07) is 9.25. The standard InChI is InChI=1S/C16H15F2NO4S/c1-11(16(20)23-10-12-6-2-3-7-13(12)17)19-24(21,22)15-9-5-4-8-14(15)18/h2-9,11,19H,10H2,1H3/t11-/m1/s1. The Labute approximate surface area is 138 Å². The lowest BCUT2D eigenvalue weighted by atomic mass is 10.2. The lowest BCUT2D eigenvalue weighted by molar-refractivity contribution is -0.146. The maximum atomic E-state index is 13.6. The highest BCUT2D eigenvalue weighted by Gasteiger charge is 2.25. The zero-order valence-corrected chi connectivity index (χ0v) is 13.5. The van der Waals surface area contributed by atoms with Crippen LogP contribution in [0.4, 0.5) is 8.78 Å². The molecule has 24 heavy (non-hydrogen) atoms. The van der Waals surface area contributed by atoms with Crippen LogP contribution in [0.1, 0.15) is 12.5 Å². The van der Waals surface area contributed by atoms with Gasteiger partial charge in [0.25, 0.3) is 0 Å². The largest absolute Gasteiger partial charge is 0.460 e. The van der Waals surface area contributed by atoms with E-state index in [2.05, 4.69) is 0 Å². The molecule has 0 saturated heterocycles. The molecular formula is C16H15F2NO4S. The Bertz CT molecular complexity index is 839. The van der Waals surface area contributed by atoms with Gasteiger partial charge in [0.2, 0.25) is 10.0 Å². The molecule has 5 nitrogen and oxygen atoms in total. The maximum absolute atomic E-state index is 13.6. The smallest absolute Gasteiger partial charge is 0.324 e. The molecular weight excluding hydrogens is 340 g/mol. The van der Waals surface area contributed by atoms with Crippen molar-refractivity contribution in [2.75, 3.05) is 0 Å². The van der Waals surface area contributed by atoms with E-state index >= 15 is 0 Å². The highest BCUT2D eigenvalue weighted by atomic mass is 32.2. The molecule has 0 aliphatic heterocycles. The van der Waals surface area contributed by atoms with Gasteiger partial charge in [0, 0.05) is 5.56 Å². The second-order valence-corrected chi connectivity index (χ2v) is 6.65. The molecule has 0 bridgehead atoms. The molecule has 0 radical (unpaired) electrons. The van der Waals surface area contributed by atoms with Crippen LogP contribution in [0.15, 0.2) is 53.4 Å². The quantitative estimate of drug-likeness (QED) is 0.808. The number of benzene rings is 2. The Morgan fingerprint density at radius 1 is 1.08 bits per heavy atom. The zero-order chi connectivity index (χ0) is 17.7. The first-order chi connectivity index (χ1) is 11.3. The molecule has 0 fully saturated rings. The van der Waals surface area contributed by atoms with Crippen LogP contribution in [0.25, 0.3) is 0 Å². The molecule has 2 aromatic rings. The summed E-state index contributed by atoms with van der Waals surface area (Å²) in [5.74, 6) is -2.38. The summed E-state index contributed by atoms with van der Waals surface area (Å²) < 4.78 is 58.1. The van der Waals surface area contributed by atoms with Crippen LogP contribution in [-0.4, -0.2) is 20.4 Å². The number of ether oxygens (including phenoxy) is 1. The number of hydrogen-bond acceptors (Lipinski definition) is 4. The van der Waals surface area contributed by atoms with Gasteiger partial charge in [-0.2, -0.15) is 4.72 Å². The fourth-order valence-electron chi connectivity index (χ4n) is 1.90. The average Bonchev–Trinajstić information content (AvgIpc) is 2.53. The van der Waals surface area contributed by atoms with Gasteiger partial charge in [0.05, 0.1) is 0 Å². The Kier molecular flexibility index (Phi) is 5.63. The van der Waals surface area contributed by atoms with Crippen molar-refractivity contribution in [3.63, 3.8) is 0 Å². The summed E-state index contributed by atoms with van der Waals surface area (Å²) in [7, 11) is -4.23. The molecule has 0 aliphatic rings. The molecule has 0 spiro atoms. The van der Waals surface area contributed by atoms with Crippen molar-refractivity contribution < 1.29 is 26.7 Å². The first-order valence-electron chi connectivity index (χ1n) is 6.98. The summed E-state index contributed by atoms with van der Waals surface area (Å²) in [5.41, 5.74) is 0.162. The Hall–Kier alpha value is -2.32. The van der Waals surface area contributed by atoms with Crippen molar-refractivity contribution in [1.82, 2.24) is 4.72 Å². The van der Waals surface area contributed by atoms with Crippen LogP contribution in [0, 0.1) is 11.6 Å². The van der Waals surface area contributed by atoms with E-state index in [0.29, 0.717) is 0 Å². The van der Waals surface area contributed by atoms with E-state index in [1.165, 1.54) is 37.3 Å². The number of esters is 1. The van der Waals surface area contributed by atoms with Crippen LogP contribution >= 0.6 is 0 Å². The Morgan fingerprint density at radius 2 is 1.67 bits per heavy atom. The fraction of sp³-hybridized carbons (Fsp3) is 0.188. The molecule has 0 saturated carbocycles. The molecule has 0 heterocycles. The van der Waals surface area contributed by atoms with Gasteiger partial charge in [-0.3, -0.25) is 4.79 Å². The minimum absolute atomic E-state index is 0.162. The number of nitrogens with one attached hydrogen (secondary N) is 1. The van der Waals surface area contributed by atoms with Crippen molar-refractivity contribution in [1.29, 1.82) is 0 Å². The predicted octanol–water partition coefficient (Wildman–Crippen LogP) is 2.38. The van der Waals surface area contributed by atoms with Crippen LogP contribution in [-0.2, 0) is 26.2 Å². The van der Waals surface area contributed by atoms with Gasteiger partial charge in [0.15, 0.2) is 0 Å². The number of halogens is 2. The summed E-state index contributed by atoms with van der Waals surface area (Å²) in [6.45, 7) is 0.916. The van der Waals surface area contributed by atoms with Crippen molar-refractivity contribution >= 4 is 16.0 Å². The third-order valence-electron chi connectivity index (χ3n) is 3.14. The lowest BCUT2D eigenvalue weighted by Crippen LogP contribution is -2.39. The second kappa shape index (κ2) is 7.50. The zero-order valence-electron chi connectivity index (χ0n) is 12.7. The normalized spacial score (nSPS) is 12.6. The van der Waals surface area contributed by atoms with Gasteiger partial charge < -0.3 is 4.74 Å². The van der Waals surface area contributed by atoms with E-state index in [9.17, 15) is 22.0 Å². The predicted molar refractivity (Wildman–Crippen MR) is 82.4 cm³/mol. The van der Waals surface area contributed by atoms with Gasteiger partial charge in [-0.1, -0.05) is 30.3 Å². The molecule has 2 rings (SSSR count). The van der Waals surface area contributed by atoms with E-state index < -0.39 is 38.6 Å². The van der Waals surface area contributed by atoms with E-state index in [-0.39, 0.29) is 12.2 Å². The van der Waals surface area contributed by atoms with Crippen LogP contribution in [0.3, 0.4) is 0 Å². The molecule has 0 aromatic heterocycles. The van der Waals surface area contributed by atoms with E-state index in [0.717, 1.165) is 12.1 Å². The first kappa shape index (κ1) is 18.0. The molecule has 1 atom stereocenters. The fourth-order valence-corrected chi connectivity index (χ4v) is 3.17.